The molecule has 1 fully saturated rings. The lowest BCUT2D eigenvalue weighted by molar-refractivity contribution is -0.384. The fourth-order valence-corrected chi connectivity index (χ4v) is 2.89. The van der Waals surface area contributed by atoms with E-state index in [4.69, 9.17) is 4.74 Å². The first kappa shape index (κ1) is 17.9. The third kappa shape index (κ3) is 4.00. The zero-order valence-electron chi connectivity index (χ0n) is 14.6. The van der Waals surface area contributed by atoms with Crippen LogP contribution in [0.5, 0.6) is 0 Å². The molecule has 1 amide bonds. The van der Waals surface area contributed by atoms with Gasteiger partial charge in [-0.25, -0.2) is 0 Å². The van der Waals surface area contributed by atoms with E-state index in [1.54, 1.807) is 18.2 Å². The first-order chi connectivity index (χ1) is 12.6. The molecule has 0 aromatic heterocycles. The summed E-state index contributed by atoms with van der Waals surface area (Å²) in [6.45, 7) is 4.40. The van der Waals surface area contributed by atoms with Crippen LogP contribution < -0.4 is 10.2 Å². The van der Waals surface area contributed by atoms with Crippen LogP contribution in [0.25, 0.3) is 0 Å². The van der Waals surface area contributed by atoms with Crippen LogP contribution in [0, 0.1) is 10.1 Å². The maximum Gasteiger partial charge on any atom is 0.271 e. The summed E-state index contributed by atoms with van der Waals surface area (Å²) in [6.07, 6.45) is 0.908. The molecular weight excluding hydrogens is 334 g/mol. The normalized spacial score (nSPS) is 14.1. The van der Waals surface area contributed by atoms with E-state index in [-0.39, 0.29) is 11.6 Å². The SMILES string of the molecule is CCc1ccc(C(=O)Nc2ccc([N+](=O)[O-])cc2N2CCOCC2)cc1. The number of carbonyl (C=O) groups excluding carboxylic acids is 1. The zero-order chi connectivity index (χ0) is 18.5. The van der Waals surface area contributed by atoms with Crippen LogP contribution >= 0.6 is 0 Å². The number of anilines is 2. The van der Waals surface area contributed by atoms with Crippen LogP contribution in [0.2, 0.25) is 0 Å². The van der Waals surface area contributed by atoms with Gasteiger partial charge in [-0.15, -0.1) is 0 Å². The Balaban J connectivity index is 1.87. The van der Waals surface area contributed by atoms with Gasteiger partial charge >= 0.3 is 0 Å². The number of benzene rings is 2. The Bertz CT molecular complexity index is 799. The van der Waals surface area contributed by atoms with Crippen LogP contribution in [0.4, 0.5) is 17.1 Å². The minimum absolute atomic E-state index is 0.00297. The number of nitro benzene ring substituents is 1. The monoisotopic (exact) mass is 355 g/mol. The van der Waals surface area contributed by atoms with Crippen molar-refractivity contribution in [1.82, 2.24) is 0 Å². The highest BCUT2D eigenvalue weighted by Gasteiger charge is 2.20. The van der Waals surface area contributed by atoms with E-state index in [1.165, 1.54) is 12.1 Å². The Morgan fingerprint density at radius 1 is 1.19 bits per heavy atom. The van der Waals surface area contributed by atoms with E-state index >= 15 is 0 Å². The van der Waals surface area contributed by atoms with Gasteiger partial charge in [-0.05, 0) is 30.2 Å². The van der Waals surface area contributed by atoms with E-state index in [1.807, 2.05) is 17.0 Å². The Morgan fingerprint density at radius 2 is 1.88 bits per heavy atom. The molecule has 7 nitrogen and oxygen atoms in total. The molecule has 1 heterocycles. The molecule has 1 N–H and O–H groups in total. The summed E-state index contributed by atoms with van der Waals surface area (Å²) in [5.41, 5.74) is 2.90. The average molecular weight is 355 g/mol. The number of rotatable bonds is 5. The fraction of sp³-hybridized carbons (Fsp3) is 0.316. The predicted molar refractivity (Wildman–Crippen MR) is 99.9 cm³/mol. The topological polar surface area (TPSA) is 84.7 Å². The molecule has 1 aliphatic heterocycles. The van der Waals surface area contributed by atoms with Gasteiger partial charge in [0.2, 0.25) is 0 Å². The maximum absolute atomic E-state index is 12.6. The molecule has 2 aromatic rings. The number of hydrogen-bond donors (Lipinski definition) is 1. The molecular formula is C19H21N3O4. The van der Waals surface area contributed by atoms with Crippen molar-refractivity contribution in [2.45, 2.75) is 13.3 Å². The number of nitro groups is 1. The van der Waals surface area contributed by atoms with Crippen molar-refractivity contribution >= 4 is 23.0 Å². The summed E-state index contributed by atoms with van der Waals surface area (Å²) in [5, 5.41) is 14.0. The fourth-order valence-electron chi connectivity index (χ4n) is 2.89. The highest BCUT2D eigenvalue weighted by atomic mass is 16.6. The first-order valence-electron chi connectivity index (χ1n) is 8.60. The van der Waals surface area contributed by atoms with E-state index < -0.39 is 4.92 Å². The highest BCUT2D eigenvalue weighted by Crippen LogP contribution is 2.31. The lowest BCUT2D eigenvalue weighted by atomic mass is 10.1. The first-order valence-corrected chi connectivity index (χ1v) is 8.60. The second kappa shape index (κ2) is 7.97. The third-order valence-corrected chi connectivity index (χ3v) is 4.42. The van der Waals surface area contributed by atoms with Crippen molar-refractivity contribution in [2.24, 2.45) is 0 Å². The second-order valence-electron chi connectivity index (χ2n) is 6.06. The minimum atomic E-state index is -0.432. The number of morpholine rings is 1. The van der Waals surface area contributed by atoms with Gasteiger partial charge in [-0.2, -0.15) is 0 Å². The van der Waals surface area contributed by atoms with Crippen LogP contribution in [-0.2, 0) is 11.2 Å². The molecule has 1 saturated heterocycles. The van der Waals surface area contributed by atoms with Crippen molar-refractivity contribution in [1.29, 1.82) is 0 Å². The van der Waals surface area contributed by atoms with Crippen LogP contribution in [0.3, 0.4) is 0 Å². The molecule has 0 saturated carbocycles. The number of ether oxygens (including phenoxy) is 1. The zero-order valence-corrected chi connectivity index (χ0v) is 14.6. The number of aryl methyl sites for hydroxylation is 1. The van der Waals surface area contributed by atoms with Gasteiger partial charge < -0.3 is 15.0 Å². The molecule has 0 atom stereocenters. The summed E-state index contributed by atoms with van der Waals surface area (Å²) >= 11 is 0. The van der Waals surface area contributed by atoms with Crippen LogP contribution in [0.15, 0.2) is 42.5 Å². The summed E-state index contributed by atoms with van der Waals surface area (Å²) in [7, 11) is 0. The molecule has 26 heavy (non-hydrogen) atoms. The second-order valence-corrected chi connectivity index (χ2v) is 6.06. The van der Waals surface area contributed by atoms with Crippen molar-refractivity contribution in [2.75, 3.05) is 36.5 Å². The largest absolute Gasteiger partial charge is 0.378 e. The molecule has 0 bridgehead atoms. The Morgan fingerprint density at radius 3 is 2.50 bits per heavy atom. The van der Waals surface area contributed by atoms with Gasteiger partial charge in [-0.3, -0.25) is 14.9 Å². The van der Waals surface area contributed by atoms with Crippen LogP contribution in [0.1, 0.15) is 22.8 Å². The summed E-state index contributed by atoms with van der Waals surface area (Å²) in [6, 6.07) is 11.9. The number of hydrogen-bond acceptors (Lipinski definition) is 5. The van der Waals surface area contributed by atoms with Gasteiger partial charge in [0.05, 0.1) is 29.5 Å². The minimum Gasteiger partial charge on any atom is -0.378 e. The Labute approximate surface area is 151 Å². The van der Waals surface area contributed by atoms with Gasteiger partial charge in [-0.1, -0.05) is 19.1 Å². The molecule has 0 aliphatic carbocycles. The van der Waals surface area contributed by atoms with Crippen molar-refractivity contribution in [3.63, 3.8) is 0 Å². The van der Waals surface area contributed by atoms with Crippen LogP contribution in [-0.4, -0.2) is 37.1 Å². The van der Waals surface area contributed by atoms with Gasteiger partial charge in [0.25, 0.3) is 11.6 Å². The Kier molecular flexibility index (Phi) is 5.48. The summed E-state index contributed by atoms with van der Waals surface area (Å²) < 4.78 is 5.35. The molecule has 0 unspecified atom stereocenters. The predicted octanol–water partition coefficient (Wildman–Crippen LogP) is 3.25. The molecule has 2 aromatic carbocycles. The molecule has 7 heteroatoms. The van der Waals surface area contributed by atoms with Crippen molar-refractivity contribution in [3.05, 3.63) is 63.7 Å². The average Bonchev–Trinajstić information content (AvgIpc) is 2.68. The molecule has 136 valence electrons. The lowest BCUT2D eigenvalue weighted by Crippen LogP contribution is -2.36. The highest BCUT2D eigenvalue weighted by molar-refractivity contribution is 6.06. The van der Waals surface area contributed by atoms with Crippen molar-refractivity contribution < 1.29 is 14.5 Å². The van der Waals surface area contributed by atoms with E-state index in [2.05, 4.69) is 12.2 Å². The summed E-state index contributed by atoms with van der Waals surface area (Å²) in [4.78, 5) is 25.3. The maximum atomic E-state index is 12.6. The molecule has 0 radical (unpaired) electrons. The number of nitrogens with zero attached hydrogens (tertiary/aromatic N) is 2. The number of nitrogens with one attached hydrogen (secondary N) is 1. The Hall–Kier alpha value is -2.93. The van der Waals surface area contributed by atoms with E-state index in [9.17, 15) is 14.9 Å². The third-order valence-electron chi connectivity index (χ3n) is 4.42. The standard InChI is InChI=1S/C19H21N3O4/c1-2-14-3-5-15(6-4-14)19(23)20-17-8-7-16(22(24)25)13-18(17)21-9-11-26-12-10-21/h3-8,13H,2,9-12H2,1H3,(H,20,23). The van der Waals surface area contributed by atoms with Gasteiger partial charge in [0, 0.05) is 30.8 Å². The van der Waals surface area contributed by atoms with Crippen molar-refractivity contribution in [3.8, 4) is 0 Å². The quantitative estimate of drug-likeness (QED) is 0.657. The number of non-ortho nitro benzene ring substituents is 1. The van der Waals surface area contributed by atoms with Gasteiger partial charge in [0.1, 0.15) is 0 Å². The van der Waals surface area contributed by atoms with Gasteiger partial charge in [0.15, 0.2) is 0 Å². The van der Waals surface area contributed by atoms with E-state index in [0.29, 0.717) is 43.2 Å². The lowest BCUT2D eigenvalue weighted by Gasteiger charge is -2.30. The summed E-state index contributed by atoms with van der Waals surface area (Å²) in [5.74, 6) is -0.240. The number of carbonyl (C=O) groups is 1. The molecule has 0 spiro atoms. The van der Waals surface area contributed by atoms with E-state index in [0.717, 1.165) is 12.0 Å². The molecule has 1 aliphatic rings. The molecule has 3 rings (SSSR count). The smallest absolute Gasteiger partial charge is 0.271 e. The number of amides is 1.